The molecule has 23 heavy (non-hydrogen) atoms. The second kappa shape index (κ2) is 11.0. The van der Waals surface area contributed by atoms with E-state index in [1.165, 1.54) is 38.9 Å². The van der Waals surface area contributed by atoms with Crippen LogP contribution in [-0.2, 0) is 9.59 Å². The summed E-state index contributed by atoms with van der Waals surface area (Å²) in [5.74, 6) is -2.69. The van der Waals surface area contributed by atoms with Gasteiger partial charge in [-0.2, -0.15) is 0 Å². The molecule has 0 bridgehead atoms. The minimum absolute atomic E-state index is 0.812. The Kier molecular flexibility index (Phi) is 9.31. The first-order chi connectivity index (χ1) is 11.0. The molecule has 0 amide bonds. The molecule has 2 N–H and O–H groups in total. The highest BCUT2D eigenvalue weighted by Crippen LogP contribution is 2.18. The van der Waals surface area contributed by atoms with Gasteiger partial charge in [0.05, 0.1) is 6.61 Å². The Labute approximate surface area is 144 Å². The number of nitrogens with zero attached hydrogens (tertiary/aromatic N) is 1. The van der Waals surface area contributed by atoms with Crippen LogP contribution in [-0.4, -0.2) is 53.3 Å². The molecule has 0 unspecified atom stereocenters. The van der Waals surface area contributed by atoms with E-state index in [0.717, 1.165) is 23.2 Å². The fourth-order valence-electron chi connectivity index (χ4n) is 2.22. The molecule has 0 atom stereocenters. The third-order valence-electron chi connectivity index (χ3n) is 3.32. The van der Waals surface area contributed by atoms with Gasteiger partial charge in [0.1, 0.15) is 5.75 Å². The van der Waals surface area contributed by atoms with E-state index in [9.17, 15) is 0 Å². The number of rotatable bonds is 5. The normalized spacial score (nSPS) is 14.5. The highest BCUT2D eigenvalue weighted by molar-refractivity contribution is 9.10. The van der Waals surface area contributed by atoms with Crippen LogP contribution in [0.4, 0.5) is 0 Å². The van der Waals surface area contributed by atoms with Gasteiger partial charge in [-0.15, -0.1) is 0 Å². The lowest BCUT2D eigenvalue weighted by atomic mass is 10.1. The maximum atomic E-state index is 9.10. The third kappa shape index (κ3) is 9.20. The predicted octanol–water partition coefficient (Wildman–Crippen LogP) is 2.86. The number of likely N-dealkylation sites (tertiary alicyclic amines) is 1. The van der Waals surface area contributed by atoms with Crippen LogP contribution in [0.3, 0.4) is 0 Å². The molecule has 6 nitrogen and oxygen atoms in total. The molecular weight excluding hydrogens is 366 g/mol. The minimum atomic E-state index is -1.82. The number of aliphatic carboxylic acids is 2. The van der Waals surface area contributed by atoms with Gasteiger partial charge in [-0.1, -0.05) is 28.4 Å². The maximum absolute atomic E-state index is 9.10. The quantitative estimate of drug-likeness (QED) is 0.596. The minimum Gasteiger partial charge on any atom is -0.494 e. The van der Waals surface area contributed by atoms with Crippen molar-refractivity contribution < 1.29 is 24.5 Å². The molecule has 1 saturated heterocycles. The fraction of sp³-hybridized carbons (Fsp3) is 0.500. The summed E-state index contributed by atoms with van der Waals surface area (Å²) in [5, 5.41) is 14.8. The number of hydrogen-bond acceptors (Lipinski definition) is 4. The van der Waals surface area contributed by atoms with Crippen molar-refractivity contribution in [1.29, 1.82) is 0 Å². The Morgan fingerprint density at radius 2 is 1.78 bits per heavy atom. The number of carboxylic acids is 2. The molecule has 1 aliphatic rings. The van der Waals surface area contributed by atoms with Crippen molar-refractivity contribution in [1.82, 2.24) is 4.90 Å². The second-order valence-electron chi connectivity index (χ2n) is 5.17. The molecule has 128 valence electrons. The van der Waals surface area contributed by atoms with Crippen molar-refractivity contribution in [3.05, 3.63) is 28.7 Å². The van der Waals surface area contributed by atoms with Gasteiger partial charge in [-0.05, 0) is 50.6 Å². The summed E-state index contributed by atoms with van der Waals surface area (Å²) < 4.78 is 6.80. The fourth-order valence-corrected chi connectivity index (χ4v) is 2.60. The van der Waals surface area contributed by atoms with Crippen LogP contribution in [0.15, 0.2) is 28.7 Å². The van der Waals surface area contributed by atoms with Crippen LogP contribution < -0.4 is 4.74 Å². The Morgan fingerprint density at radius 1 is 1.13 bits per heavy atom. The van der Waals surface area contributed by atoms with Crippen molar-refractivity contribution >= 4 is 27.9 Å². The zero-order valence-corrected chi connectivity index (χ0v) is 14.5. The van der Waals surface area contributed by atoms with E-state index < -0.39 is 11.9 Å². The van der Waals surface area contributed by atoms with E-state index >= 15 is 0 Å². The van der Waals surface area contributed by atoms with Crippen molar-refractivity contribution in [3.8, 4) is 5.75 Å². The van der Waals surface area contributed by atoms with Crippen molar-refractivity contribution in [2.45, 2.75) is 25.7 Å². The summed E-state index contributed by atoms with van der Waals surface area (Å²) >= 11 is 3.45. The number of carboxylic acid groups (broad SMARTS) is 2. The van der Waals surface area contributed by atoms with Gasteiger partial charge in [0, 0.05) is 11.0 Å². The summed E-state index contributed by atoms with van der Waals surface area (Å²) in [6.45, 7) is 4.54. The number of piperidine rings is 1. The van der Waals surface area contributed by atoms with E-state index in [-0.39, 0.29) is 0 Å². The Hall–Kier alpha value is -1.60. The lowest BCUT2D eigenvalue weighted by molar-refractivity contribution is -0.159. The van der Waals surface area contributed by atoms with E-state index in [4.69, 9.17) is 24.5 Å². The second-order valence-corrected chi connectivity index (χ2v) is 6.09. The van der Waals surface area contributed by atoms with Gasteiger partial charge in [-0.25, -0.2) is 9.59 Å². The molecular formula is C16H22BrNO5. The molecule has 7 heteroatoms. The molecule has 1 heterocycles. The number of hydrogen-bond donors (Lipinski definition) is 2. The van der Waals surface area contributed by atoms with Crippen LogP contribution in [0.5, 0.6) is 5.75 Å². The molecule has 0 radical (unpaired) electrons. The first-order valence-corrected chi connectivity index (χ1v) is 8.35. The maximum Gasteiger partial charge on any atom is 0.414 e. The molecule has 0 spiro atoms. The van der Waals surface area contributed by atoms with Crippen LogP contribution in [0.1, 0.15) is 25.7 Å². The molecule has 1 aromatic carbocycles. The summed E-state index contributed by atoms with van der Waals surface area (Å²) in [6.07, 6.45) is 5.26. The van der Waals surface area contributed by atoms with E-state index in [1.807, 2.05) is 24.3 Å². The van der Waals surface area contributed by atoms with Gasteiger partial charge in [0.15, 0.2) is 0 Å². The highest BCUT2D eigenvalue weighted by atomic mass is 79.9. The van der Waals surface area contributed by atoms with Crippen LogP contribution >= 0.6 is 15.9 Å². The van der Waals surface area contributed by atoms with Crippen LogP contribution in [0, 0.1) is 0 Å². The van der Waals surface area contributed by atoms with Gasteiger partial charge in [0.2, 0.25) is 0 Å². The number of ether oxygens (including phenoxy) is 1. The average molecular weight is 388 g/mol. The Bertz CT molecular complexity index is 491. The van der Waals surface area contributed by atoms with Gasteiger partial charge < -0.3 is 19.8 Å². The zero-order valence-electron chi connectivity index (χ0n) is 12.9. The van der Waals surface area contributed by atoms with E-state index in [0.29, 0.717) is 0 Å². The predicted molar refractivity (Wildman–Crippen MR) is 89.8 cm³/mol. The Balaban J connectivity index is 0.000000379. The molecule has 1 aromatic rings. The first-order valence-electron chi connectivity index (χ1n) is 7.56. The van der Waals surface area contributed by atoms with Crippen LogP contribution in [0.2, 0.25) is 0 Å². The number of carbonyl (C=O) groups is 2. The van der Waals surface area contributed by atoms with Crippen molar-refractivity contribution in [2.24, 2.45) is 0 Å². The smallest absolute Gasteiger partial charge is 0.414 e. The lowest BCUT2D eigenvalue weighted by Gasteiger charge is -2.26. The van der Waals surface area contributed by atoms with Crippen LogP contribution in [0.25, 0.3) is 0 Å². The summed E-state index contributed by atoms with van der Waals surface area (Å²) in [6, 6.07) is 8.04. The monoisotopic (exact) mass is 387 g/mol. The summed E-state index contributed by atoms with van der Waals surface area (Å²) in [4.78, 5) is 20.7. The SMILES string of the molecule is Brc1cccc(OCCCN2CCCCC2)c1.O=C(O)C(=O)O. The van der Waals surface area contributed by atoms with E-state index in [1.54, 1.807) is 0 Å². The highest BCUT2D eigenvalue weighted by Gasteiger charge is 2.08. The zero-order chi connectivity index (χ0) is 17.1. The average Bonchev–Trinajstić information content (AvgIpc) is 2.53. The standard InChI is InChI=1S/C14H20BrNO.C2H2O4/c15-13-6-4-7-14(12-13)17-11-5-10-16-8-2-1-3-9-16;3-1(4)2(5)6/h4,6-7,12H,1-3,5,8-11H2;(H,3,4)(H,5,6). The molecule has 2 rings (SSSR count). The number of benzene rings is 1. The molecule has 0 aromatic heterocycles. The lowest BCUT2D eigenvalue weighted by Crippen LogP contribution is -2.31. The van der Waals surface area contributed by atoms with Gasteiger partial charge in [0.25, 0.3) is 0 Å². The Morgan fingerprint density at radius 3 is 2.35 bits per heavy atom. The number of halogens is 1. The first kappa shape index (κ1) is 19.4. The van der Waals surface area contributed by atoms with Gasteiger partial charge >= 0.3 is 11.9 Å². The molecule has 1 fully saturated rings. The van der Waals surface area contributed by atoms with Gasteiger partial charge in [-0.3, -0.25) is 0 Å². The van der Waals surface area contributed by atoms with Crippen molar-refractivity contribution in [3.63, 3.8) is 0 Å². The molecule has 0 aliphatic carbocycles. The summed E-state index contributed by atoms with van der Waals surface area (Å²) in [7, 11) is 0. The van der Waals surface area contributed by atoms with Crippen molar-refractivity contribution in [2.75, 3.05) is 26.2 Å². The third-order valence-corrected chi connectivity index (χ3v) is 3.81. The van der Waals surface area contributed by atoms with E-state index in [2.05, 4.69) is 20.8 Å². The topological polar surface area (TPSA) is 87.1 Å². The molecule has 0 saturated carbocycles. The molecule has 1 aliphatic heterocycles. The largest absolute Gasteiger partial charge is 0.494 e. The summed E-state index contributed by atoms with van der Waals surface area (Å²) in [5.41, 5.74) is 0.